The zero-order chi connectivity index (χ0) is 13.1. The molecule has 0 radical (unpaired) electrons. The number of piperidine rings is 2. The van der Waals surface area contributed by atoms with Gasteiger partial charge in [-0.2, -0.15) is 0 Å². The Morgan fingerprint density at radius 2 is 1.67 bits per heavy atom. The molecule has 106 valence electrons. The monoisotopic (exact) mass is 253 g/mol. The van der Waals surface area contributed by atoms with Gasteiger partial charge in [0, 0.05) is 37.3 Å². The molecule has 0 aliphatic carbocycles. The first-order valence-electron chi connectivity index (χ1n) is 7.87. The number of rotatable bonds is 3. The standard InChI is InChI=1S/C15H31N3/c1-12(2)16-15-9-6-10-17(11-15)18-13(3)7-5-8-14(18)4/h12-16H,5-11H2,1-4H3. The maximum absolute atomic E-state index is 3.71. The highest BCUT2D eigenvalue weighted by molar-refractivity contribution is 4.84. The molecule has 0 aromatic carbocycles. The van der Waals surface area contributed by atoms with Crippen LogP contribution in [0, 0.1) is 0 Å². The minimum Gasteiger partial charge on any atom is -0.310 e. The fraction of sp³-hybridized carbons (Fsp3) is 1.00. The van der Waals surface area contributed by atoms with E-state index in [4.69, 9.17) is 0 Å². The highest BCUT2D eigenvalue weighted by Crippen LogP contribution is 2.26. The lowest BCUT2D eigenvalue weighted by atomic mass is 9.98. The Morgan fingerprint density at radius 1 is 1.00 bits per heavy atom. The van der Waals surface area contributed by atoms with Gasteiger partial charge >= 0.3 is 0 Å². The average molecular weight is 253 g/mol. The normalized spacial score (nSPS) is 36.2. The van der Waals surface area contributed by atoms with Crippen molar-refractivity contribution < 1.29 is 0 Å². The van der Waals surface area contributed by atoms with Crippen LogP contribution in [0.2, 0.25) is 0 Å². The molecule has 1 N–H and O–H groups in total. The van der Waals surface area contributed by atoms with Gasteiger partial charge in [0.05, 0.1) is 0 Å². The van der Waals surface area contributed by atoms with Crippen molar-refractivity contribution in [2.75, 3.05) is 13.1 Å². The van der Waals surface area contributed by atoms with Crippen molar-refractivity contribution in [2.24, 2.45) is 0 Å². The molecule has 2 saturated heterocycles. The van der Waals surface area contributed by atoms with Crippen LogP contribution in [0.5, 0.6) is 0 Å². The number of hydrazine groups is 1. The summed E-state index contributed by atoms with van der Waals surface area (Å²) in [6.45, 7) is 11.8. The summed E-state index contributed by atoms with van der Waals surface area (Å²) in [7, 11) is 0. The molecule has 0 bridgehead atoms. The Kier molecular flexibility index (Phi) is 5.05. The summed E-state index contributed by atoms with van der Waals surface area (Å²) in [5.41, 5.74) is 0. The number of nitrogens with zero attached hydrogens (tertiary/aromatic N) is 2. The maximum atomic E-state index is 3.71. The lowest BCUT2D eigenvalue weighted by molar-refractivity contribution is -0.119. The second-order valence-corrected chi connectivity index (χ2v) is 6.58. The van der Waals surface area contributed by atoms with Gasteiger partial charge in [0.2, 0.25) is 0 Å². The van der Waals surface area contributed by atoms with Crippen molar-refractivity contribution in [2.45, 2.75) is 84.0 Å². The highest BCUT2D eigenvalue weighted by Gasteiger charge is 2.32. The number of hydrogen-bond acceptors (Lipinski definition) is 3. The molecule has 3 heteroatoms. The van der Waals surface area contributed by atoms with Crippen LogP contribution in [0.3, 0.4) is 0 Å². The molecule has 0 spiro atoms. The van der Waals surface area contributed by atoms with Crippen molar-refractivity contribution in [3.63, 3.8) is 0 Å². The van der Waals surface area contributed by atoms with Crippen molar-refractivity contribution >= 4 is 0 Å². The second kappa shape index (κ2) is 6.36. The van der Waals surface area contributed by atoms with Crippen molar-refractivity contribution in [3.8, 4) is 0 Å². The summed E-state index contributed by atoms with van der Waals surface area (Å²) in [5, 5.41) is 9.03. The van der Waals surface area contributed by atoms with E-state index in [0.29, 0.717) is 12.1 Å². The molecule has 0 saturated carbocycles. The van der Waals surface area contributed by atoms with Crippen LogP contribution in [-0.2, 0) is 0 Å². The van der Waals surface area contributed by atoms with E-state index in [1.54, 1.807) is 0 Å². The lowest BCUT2D eigenvalue weighted by Gasteiger charge is -2.49. The van der Waals surface area contributed by atoms with Gasteiger partial charge < -0.3 is 5.32 Å². The number of nitrogens with one attached hydrogen (secondary N) is 1. The molecule has 2 fully saturated rings. The van der Waals surface area contributed by atoms with Crippen molar-refractivity contribution in [3.05, 3.63) is 0 Å². The van der Waals surface area contributed by atoms with Crippen LogP contribution in [-0.4, -0.2) is 47.3 Å². The van der Waals surface area contributed by atoms with Gasteiger partial charge in [0.15, 0.2) is 0 Å². The largest absolute Gasteiger partial charge is 0.310 e. The van der Waals surface area contributed by atoms with Gasteiger partial charge in [-0.15, -0.1) is 0 Å². The smallest absolute Gasteiger partial charge is 0.0287 e. The third kappa shape index (κ3) is 3.46. The van der Waals surface area contributed by atoms with Crippen molar-refractivity contribution in [1.82, 2.24) is 15.3 Å². The maximum Gasteiger partial charge on any atom is 0.0287 e. The predicted octanol–water partition coefficient (Wildman–Crippen LogP) is 2.63. The first-order chi connectivity index (χ1) is 8.58. The molecule has 18 heavy (non-hydrogen) atoms. The summed E-state index contributed by atoms with van der Waals surface area (Å²) < 4.78 is 0. The highest BCUT2D eigenvalue weighted by atomic mass is 15.6. The number of hydrogen-bond donors (Lipinski definition) is 1. The van der Waals surface area contributed by atoms with E-state index < -0.39 is 0 Å². The summed E-state index contributed by atoms with van der Waals surface area (Å²) in [6, 6.07) is 2.74. The van der Waals surface area contributed by atoms with Gasteiger partial charge in [-0.1, -0.05) is 20.3 Å². The third-order valence-corrected chi connectivity index (χ3v) is 4.44. The molecule has 2 rings (SSSR count). The Bertz CT molecular complexity index is 244. The predicted molar refractivity (Wildman–Crippen MR) is 77.5 cm³/mol. The molecule has 3 unspecified atom stereocenters. The van der Waals surface area contributed by atoms with E-state index in [1.807, 2.05) is 0 Å². The molecule has 2 heterocycles. The fourth-order valence-corrected chi connectivity index (χ4v) is 3.74. The van der Waals surface area contributed by atoms with Crippen LogP contribution >= 0.6 is 0 Å². The third-order valence-electron chi connectivity index (χ3n) is 4.44. The van der Waals surface area contributed by atoms with Crippen LogP contribution in [0.25, 0.3) is 0 Å². The Morgan fingerprint density at radius 3 is 2.28 bits per heavy atom. The van der Waals surface area contributed by atoms with Crippen LogP contribution in [0.4, 0.5) is 0 Å². The molecular weight excluding hydrogens is 222 g/mol. The summed E-state index contributed by atoms with van der Waals surface area (Å²) in [6.07, 6.45) is 6.80. The molecule has 0 aromatic rings. The van der Waals surface area contributed by atoms with E-state index in [2.05, 4.69) is 43.0 Å². The van der Waals surface area contributed by atoms with Crippen LogP contribution < -0.4 is 5.32 Å². The quantitative estimate of drug-likeness (QED) is 0.834. The van der Waals surface area contributed by atoms with E-state index in [0.717, 1.165) is 12.1 Å². The van der Waals surface area contributed by atoms with E-state index in [1.165, 1.54) is 45.2 Å². The molecule has 0 amide bonds. The van der Waals surface area contributed by atoms with Gasteiger partial charge in [0.25, 0.3) is 0 Å². The minimum atomic E-state index is 0.603. The van der Waals surface area contributed by atoms with Gasteiger partial charge in [-0.05, 0) is 39.5 Å². The van der Waals surface area contributed by atoms with E-state index >= 15 is 0 Å². The molecule has 2 aliphatic heterocycles. The molecular formula is C15H31N3. The Labute approximate surface area is 113 Å². The molecule has 0 aromatic heterocycles. The first kappa shape index (κ1) is 14.3. The Hall–Kier alpha value is -0.120. The zero-order valence-electron chi connectivity index (χ0n) is 12.7. The lowest BCUT2D eigenvalue weighted by Crippen LogP contribution is -2.60. The molecule has 3 nitrogen and oxygen atoms in total. The van der Waals surface area contributed by atoms with E-state index in [-0.39, 0.29) is 0 Å². The zero-order valence-corrected chi connectivity index (χ0v) is 12.7. The first-order valence-corrected chi connectivity index (χ1v) is 7.87. The molecule has 2 aliphatic rings. The average Bonchev–Trinajstić information content (AvgIpc) is 2.28. The summed E-state index contributed by atoms with van der Waals surface area (Å²) in [5.74, 6) is 0. The van der Waals surface area contributed by atoms with Gasteiger partial charge in [0.1, 0.15) is 0 Å². The second-order valence-electron chi connectivity index (χ2n) is 6.58. The van der Waals surface area contributed by atoms with E-state index in [9.17, 15) is 0 Å². The van der Waals surface area contributed by atoms with Crippen molar-refractivity contribution in [1.29, 1.82) is 0 Å². The van der Waals surface area contributed by atoms with Crippen LogP contribution in [0.15, 0.2) is 0 Å². The van der Waals surface area contributed by atoms with Crippen LogP contribution in [0.1, 0.15) is 59.8 Å². The minimum absolute atomic E-state index is 0.603. The van der Waals surface area contributed by atoms with Gasteiger partial charge in [-0.25, -0.2) is 10.0 Å². The fourth-order valence-electron chi connectivity index (χ4n) is 3.74. The topological polar surface area (TPSA) is 18.5 Å². The van der Waals surface area contributed by atoms with Gasteiger partial charge in [-0.3, -0.25) is 0 Å². The summed E-state index contributed by atoms with van der Waals surface area (Å²) >= 11 is 0. The Balaban J connectivity index is 1.94. The SMILES string of the molecule is CC(C)NC1CCCN(N2C(C)CCCC2C)C1. The molecule has 3 atom stereocenters. The summed E-state index contributed by atoms with van der Waals surface area (Å²) in [4.78, 5) is 0.